The highest BCUT2D eigenvalue weighted by Crippen LogP contribution is 2.29. The maximum Gasteiger partial charge on any atom is 0.278 e. The number of aromatic nitrogens is 2. The maximum atomic E-state index is 12.8. The molecule has 2 aromatic heterocycles. The largest absolute Gasteiger partial charge is 0.493 e. The molecule has 0 aromatic carbocycles. The van der Waals surface area contributed by atoms with E-state index in [1.807, 2.05) is 18.2 Å². The van der Waals surface area contributed by atoms with Crippen LogP contribution in [0, 0.1) is 5.41 Å². The normalized spacial score (nSPS) is 13.6. The molecule has 3 N–H and O–H groups in total. The lowest BCUT2D eigenvalue weighted by atomic mass is 10.1. The smallest absolute Gasteiger partial charge is 0.278 e. The molecule has 0 radical (unpaired) electrons. The number of carbonyl (C=O) groups excluding carboxylic acids is 1. The number of amidine groups is 1. The summed E-state index contributed by atoms with van der Waals surface area (Å²) in [6.07, 6.45) is 16.9. The molecule has 0 atom stereocenters. The first kappa shape index (κ1) is 30.4. The summed E-state index contributed by atoms with van der Waals surface area (Å²) in [7, 11) is 3.15. The summed E-state index contributed by atoms with van der Waals surface area (Å²) >= 11 is 0. The van der Waals surface area contributed by atoms with Crippen LogP contribution in [0.2, 0.25) is 0 Å². The fourth-order valence-corrected chi connectivity index (χ4v) is 3.65. The van der Waals surface area contributed by atoms with E-state index < -0.39 is 5.91 Å². The summed E-state index contributed by atoms with van der Waals surface area (Å²) < 4.78 is 22.2. The van der Waals surface area contributed by atoms with Gasteiger partial charge in [-0.3, -0.25) is 20.2 Å². The van der Waals surface area contributed by atoms with Gasteiger partial charge in [-0.1, -0.05) is 12.1 Å². The molecule has 0 fully saturated rings. The second-order valence-electron chi connectivity index (χ2n) is 8.29. The Hall–Kier alpha value is -5.19. The molecule has 3 rings (SSSR count). The van der Waals surface area contributed by atoms with Crippen molar-refractivity contribution in [1.29, 1.82) is 5.41 Å². The number of hydrogen-bond acceptors (Lipinski definition) is 10. The van der Waals surface area contributed by atoms with Gasteiger partial charge in [0.15, 0.2) is 23.0 Å². The van der Waals surface area contributed by atoms with E-state index in [9.17, 15) is 4.79 Å². The number of methoxy groups -OCH3 is 2. The number of allylic oxidation sites excluding steroid dienone is 2. The molecule has 11 nitrogen and oxygen atoms in total. The Morgan fingerprint density at radius 2 is 2.02 bits per heavy atom. The average molecular weight is 559 g/mol. The van der Waals surface area contributed by atoms with E-state index in [0.29, 0.717) is 35.9 Å². The molecule has 0 saturated heterocycles. The third-order valence-electron chi connectivity index (χ3n) is 5.56. The van der Waals surface area contributed by atoms with Gasteiger partial charge in [-0.2, -0.15) is 0 Å². The molecular formula is C30H34N6O5. The minimum Gasteiger partial charge on any atom is -0.493 e. The van der Waals surface area contributed by atoms with E-state index in [2.05, 4.69) is 25.6 Å². The second kappa shape index (κ2) is 16.0. The molecule has 0 saturated carbocycles. The number of rotatable bonds is 13. The predicted octanol–water partition coefficient (Wildman–Crippen LogP) is 4.18. The third kappa shape index (κ3) is 8.92. The van der Waals surface area contributed by atoms with E-state index in [1.54, 1.807) is 71.0 Å². The number of pyridine rings is 2. The fourth-order valence-electron chi connectivity index (χ4n) is 3.65. The highest BCUT2D eigenvalue weighted by molar-refractivity contribution is 6.45. The lowest BCUT2D eigenvalue weighted by Gasteiger charge is -2.11. The van der Waals surface area contributed by atoms with Gasteiger partial charge in [0.05, 0.1) is 32.7 Å². The zero-order valence-corrected chi connectivity index (χ0v) is 23.5. The predicted molar refractivity (Wildman–Crippen MR) is 157 cm³/mol. The van der Waals surface area contributed by atoms with Crippen LogP contribution in [0.5, 0.6) is 5.75 Å². The third-order valence-corrected chi connectivity index (χ3v) is 5.56. The molecule has 1 amide bonds. The first-order valence-electron chi connectivity index (χ1n) is 12.9. The molecule has 41 heavy (non-hydrogen) atoms. The van der Waals surface area contributed by atoms with E-state index >= 15 is 0 Å². The number of carbonyl (C=O) groups is 1. The van der Waals surface area contributed by atoms with Crippen LogP contribution < -0.4 is 15.4 Å². The van der Waals surface area contributed by atoms with Crippen molar-refractivity contribution in [2.75, 3.05) is 20.8 Å². The lowest BCUT2D eigenvalue weighted by molar-refractivity contribution is -0.113. The van der Waals surface area contributed by atoms with Crippen molar-refractivity contribution in [1.82, 2.24) is 20.6 Å². The zero-order valence-electron chi connectivity index (χ0n) is 23.5. The van der Waals surface area contributed by atoms with Crippen molar-refractivity contribution in [3.63, 3.8) is 0 Å². The van der Waals surface area contributed by atoms with E-state index in [-0.39, 0.29) is 23.9 Å². The summed E-state index contributed by atoms with van der Waals surface area (Å²) in [5, 5.41) is 14.0. The number of hydrogen-bond donors (Lipinski definition) is 3. The number of aliphatic imine (C=N–C) groups is 1. The minimum atomic E-state index is -0.681. The highest BCUT2D eigenvalue weighted by atomic mass is 16.5. The van der Waals surface area contributed by atoms with Crippen molar-refractivity contribution in [3.05, 3.63) is 108 Å². The summed E-state index contributed by atoms with van der Waals surface area (Å²) in [6, 6.07) is 5.49. The molecular weight excluding hydrogens is 524 g/mol. The van der Waals surface area contributed by atoms with Gasteiger partial charge in [0.2, 0.25) is 0 Å². The minimum absolute atomic E-state index is 0.0994. The van der Waals surface area contributed by atoms with Crippen LogP contribution in [0.15, 0.2) is 95.9 Å². The number of ether oxygens (including phenoxy) is 4. The number of nitrogens with one attached hydrogen (secondary N) is 3. The second-order valence-corrected chi connectivity index (χ2v) is 8.29. The quantitative estimate of drug-likeness (QED) is 0.189. The molecule has 1 aliphatic carbocycles. The molecule has 2 heterocycles. The van der Waals surface area contributed by atoms with E-state index in [0.717, 1.165) is 11.1 Å². The molecule has 0 unspecified atom stereocenters. The summed E-state index contributed by atoms with van der Waals surface area (Å²) in [5.74, 6) is 1.41. The standard InChI is InChI=1S/C30H34N6O5/c1-5-8-28(36-30(37)29(31)27(40-6-2)20-33-19-21-9-7-13-32-18-21)35-15-16-41-24-12-14-34-23-17-26(39-4)25(38-3)11-10-22(23)24/h5,7-9,11-18,20,31,33H,6,10,19H2,1-4H3,(H,35,36,37)/b8-5-,16-15+,27-20+,31-29?. The van der Waals surface area contributed by atoms with Gasteiger partial charge in [-0.25, -0.2) is 4.99 Å². The summed E-state index contributed by atoms with van der Waals surface area (Å²) in [5.41, 5.74) is 2.15. The van der Waals surface area contributed by atoms with Crippen molar-refractivity contribution < 1.29 is 23.7 Å². The van der Waals surface area contributed by atoms with Crippen LogP contribution in [0.4, 0.5) is 0 Å². The number of amides is 1. The molecule has 0 spiro atoms. The van der Waals surface area contributed by atoms with Gasteiger partial charge in [0.25, 0.3) is 5.91 Å². The Morgan fingerprint density at radius 3 is 2.73 bits per heavy atom. The van der Waals surface area contributed by atoms with Crippen molar-refractivity contribution in [3.8, 4) is 5.75 Å². The van der Waals surface area contributed by atoms with Crippen molar-refractivity contribution >= 4 is 23.5 Å². The number of nitrogens with zero attached hydrogens (tertiary/aromatic N) is 3. The van der Waals surface area contributed by atoms with Gasteiger partial charge in [0, 0.05) is 49.4 Å². The zero-order chi connectivity index (χ0) is 29.5. The van der Waals surface area contributed by atoms with Gasteiger partial charge in [0.1, 0.15) is 17.8 Å². The van der Waals surface area contributed by atoms with Crippen LogP contribution in [-0.4, -0.2) is 48.2 Å². The first-order chi connectivity index (χ1) is 20.0. The van der Waals surface area contributed by atoms with Gasteiger partial charge in [-0.05, 0) is 43.7 Å². The Morgan fingerprint density at radius 1 is 1.20 bits per heavy atom. The average Bonchev–Trinajstić information content (AvgIpc) is 3.18. The highest BCUT2D eigenvalue weighted by Gasteiger charge is 2.18. The molecule has 2 aromatic rings. The van der Waals surface area contributed by atoms with Crippen LogP contribution in [0.25, 0.3) is 6.08 Å². The summed E-state index contributed by atoms with van der Waals surface area (Å²) in [6.45, 7) is 4.31. The molecule has 214 valence electrons. The monoisotopic (exact) mass is 558 g/mol. The van der Waals surface area contributed by atoms with Gasteiger partial charge < -0.3 is 29.6 Å². The van der Waals surface area contributed by atoms with E-state index in [1.165, 1.54) is 18.7 Å². The van der Waals surface area contributed by atoms with Crippen molar-refractivity contribution in [2.45, 2.75) is 26.8 Å². The Kier molecular flexibility index (Phi) is 11.9. The number of fused-ring (bicyclic) bond motifs is 1. The SMILES string of the molecule is C\C=C/C(=N\C=C\Oc1ccnc2c1CC=C(OC)C(OC)=C2)NC(=O)C(=N)/C(=C\NCc1cccnc1)OCC. The molecule has 0 bridgehead atoms. The van der Waals surface area contributed by atoms with Crippen LogP contribution in [0.1, 0.15) is 30.7 Å². The first-order valence-corrected chi connectivity index (χ1v) is 12.9. The van der Waals surface area contributed by atoms with Crippen LogP contribution in [0.3, 0.4) is 0 Å². The lowest BCUT2D eigenvalue weighted by Crippen LogP contribution is -2.36. The van der Waals surface area contributed by atoms with Crippen LogP contribution in [-0.2, 0) is 32.0 Å². The Bertz CT molecular complexity index is 1390. The Labute approximate surface area is 239 Å². The fraction of sp³-hybridized carbons (Fsp3) is 0.233. The van der Waals surface area contributed by atoms with Gasteiger partial charge in [-0.15, -0.1) is 0 Å². The van der Waals surface area contributed by atoms with Gasteiger partial charge >= 0.3 is 0 Å². The maximum absolute atomic E-state index is 12.8. The van der Waals surface area contributed by atoms with E-state index in [4.69, 9.17) is 24.4 Å². The molecule has 0 aliphatic heterocycles. The summed E-state index contributed by atoms with van der Waals surface area (Å²) in [4.78, 5) is 25.6. The van der Waals surface area contributed by atoms with Crippen LogP contribution >= 0.6 is 0 Å². The topological polar surface area (TPSA) is 140 Å². The molecule has 11 heteroatoms. The van der Waals surface area contributed by atoms with Crippen molar-refractivity contribution in [2.24, 2.45) is 4.99 Å². The molecule has 1 aliphatic rings. The Balaban J connectivity index is 1.67.